The van der Waals surface area contributed by atoms with E-state index in [1.54, 1.807) is 23.1 Å². The largest absolute Gasteiger partial charge is 0.372 e. The van der Waals surface area contributed by atoms with Crippen molar-refractivity contribution < 1.29 is 9.59 Å². The number of halogens is 2. The molecule has 2 aromatic carbocycles. The smallest absolute Gasteiger partial charge is 0.229 e. The number of hydrogen-bond donors (Lipinski definition) is 1. The molecule has 2 aromatic rings. The Kier molecular flexibility index (Phi) is 5.47. The summed E-state index contributed by atoms with van der Waals surface area (Å²) in [6.45, 7) is 2.53. The van der Waals surface area contributed by atoms with Crippen LogP contribution < -0.4 is 15.1 Å². The average Bonchev–Trinajstić information content (AvgIpc) is 3.35. The number of carbonyl (C=O) groups is 2. The van der Waals surface area contributed by atoms with E-state index < -0.39 is 5.92 Å². The summed E-state index contributed by atoms with van der Waals surface area (Å²) in [7, 11) is 0. The molecule has 0 aromatic heterocycles. The van der Waals surface area contributed by atoms with Crippen molar-refractivity contribution in [2.45, 2.75) is 19.3 Å². The van der Waals surface area contributed by atoms with Crippen LogP contribution in [-0.2, 0) is 9.59 Å². The molecule has 2 fully saturated rings. The molecule has 7 heteroatoms. The van der Waals surface area contributed by atoms with Gasteiger partial charge in [-0.1, -0.05) is 23.2 Å². The van der Waals surface area contributed by atoms with Gasteiger partial charge in [-0.15, -0.1) is 0 Å². The second-order valence-corrected chi connectivity index (χ2v) is 8.05. The molecule has 28 heavy (non-hydrogen) atoms. The van der Waals surface area contributed by atoms with Crippen LogP contribution in [0.5, 0.6) is 0 Å². The highest BCUT2D eigenvalue weighted by Crippen LogP contribution is 2.30. The maximum atomic E-state index is 12.6. The molecule has 1 unspecified atom stereocenters. The Labute approximate surface area is 174 Å². The van der Waals surface area contributed by atoms with Gasteiger partial charge in [0, 0.05) is 43.1 Å². The van der Waals surface area contributed by atoms with E-state index in [1.807, 2.05) is 12.1 Å². The van der Waals surface area contributed by atoms with Crippen LogP contribution in [0.25, 0.3) is 0 Å². The van der Waals surface area contributed by atoms with Crippen molar-refractivity contribution in [1.82, 2.24) is 0 Å². The average molecular weight is 418 g/mol. The first-order valence-electron chi connectivity index (χ1n) is 9.42. The number of anilines is 3. The standard InChI is InChI=1S/C21H21Cl2N3O2/c22-18-8-3-15(12-19(18)23)24-21(28)14-11-20(27)26(13-14)17-6-4-16(5-7-17)25-9-1-2-10-25/h3-8,12,14H,1-2,9-11,13H2,(H,24,28). The predicted molar refractivity (Wildman–Crippen MR) is 113 cm³/mol. The highest BCUT2D eigenvalue weighted by Gasteiger charge is 2.35. The van der Waals surface area contributed by atoms with Crippen LogP contribution in [0, 0.1) is 5.92 Å². The monoisotopic (exact) mass is 417 g/mol. The number of rotatable bonds is 4. The van der Waals surface area contributed by atoms with Gasteiger partial charge in [0.1, 0.15) is 0 Å². The Hall–Kier alpha value is -2.24. The molecule has 1 atom stereocenters. The van der Waals surface area contributed by atoms with Crippen LogP contribution in [0.15, 0.2) is 42.5 Å². The fourth-order valence-corrected chi connectivity index (χ4v) is 4.07. The molecular formula is C21H21Cl2N3O2. The van der Waals surface area contributed by atoms with Gasteiger partial charge < -0.3 is 15.1 Å². The molecule has 2 aliphatic rings. The molecule has 0 bridgehead atoms. The number of carbonyl (C=O) groups excluding carboxylic acids is 2. The van der Waals surface area contributed by atoms with E-state index in [0.717, 1.165) is 18.8 Å². The summed E-state index contributed by atoms with van der Waals surface area (Å²) in [5.41, 5.74) is 2.58. The van der Waals surface area contributed by atoms with Gasteiger partial charge >= 0.3 is 0 Å². The normalized spacial score (nSPS) is 19.4. The molecule has 0 aliphatic carbocycles. The Morgan fingerprint density at radius 2 is 1.64 bits per heavy atom. The number of nitrogens with one attached hydrogen (secondary N) is 1. The van der Waals surface area contributed by atoms with Crippen LogP contribution in [0.3, 0.4) is 0 Å². The van der Waals surface area contributed by atoms with Crippen molar-refractivity contribution in [3.8, 4) is 0 Å². The molecule has 0 radical (unpaired) electrons. The summed E-state index contributed by atoms with van der Waals surface area (Å²) in [4.78, 5) is 29.1. The van der Waals surface area contributed by atoms with Crippen LogP contribution >= 0.6 is 23.2 Å². The van der Waals surface area contributed by atoms with E-state index in [-0.39, 0.29) is 18.2 Å². The molecule has 0 spiro atoms. The first-order chi connectivity index (χ1) is 13.5. The first-order valence-corrected chi connectivity index (χ1v) is 10.2. The Morgan fingerprint density at radius 3 is 2.32 bits per heavy atom. The van der Waals surface area contributed by atoms with E-state index in [0.29, 0.717) is 22.3 Å². The van der Waals surface area contributed by atoms with Crippen molar-refractivity contribution in [3.05, 3.63) is 52.5 Å². The summed E-state index contributed by atoms with van der Waals surface area (Å²) >= 11 is 11.9. The molecule has 2 amide bonds. The second-order valence-electron chi connectivity index (χ2n) is 7.23. The number of benzene rings is 2. The van der Waals surface area contributed by atoms with Crippen LogP contribution in [-0.4, -0.2) is 31.4 Å². The zero-order valence-corrected chi connectivity index (χ0v) is 16.8. The topological polar surface area (TPSA) is 52.7 Å². The molecular weight excluding hydrogens is 397 g/mol. The summed E-state index contributed by atoms with van der Waals surface area (Å²) in [5.74, 6) is -0.633. The van der Waals surface area contributed by atoms with Crippen molar-refractivity contribution in [3.63, 3.8) is 0 Å². The van der Waals surface area contributed by atoms with E-state index >= 15 is 0 Å². The molecule has 2 heterocycles. The van der Waals surface area contributed by atoms with E-state index in [9.17, 15) is 9.59 Å². The highest BCUT2D eigenvalue weighted by atomic mass is 35.5. The molecule has 0 saturated carbocycles. The third-order valence-electron chi connectivity index (χ3n) is 5.32. The predicted octanol–water partition coefficient (Wildman–Crippen LogP) is 4.59. The molecule has 146 valence electrons. The summed E-state index contributed by atoms with van der Waals surface area (Å²) < 4.78 is 0. The quantitative estimate of drug-likeness (QED) is 0.791. The minimum absolute atomic E-state index is 0.0387. The lowest BCUT2D eigenvalue weighted by Gasteiger charge is -2.20. The van der Waals surface area contributed by atoms with Crippen LogP contribution in [0.2, 0.25) is 10.0 Å². The lowest BCUT2D eigenvalue weighted by atomic mass is 10.1. The van der Waals surface area contributed by atoms with Crippen molar-refractivity contribution in [1.29, 1.82) is 0 Å². The lowest BCUT2D eigenvalue weighted by molar-refractivity contribution is -0.122. The van der Waals surface area contributed by atoms with Gasteiger partial charge in [-0.2, -0.15) is 0 Å². The molecule has 1 N–H and O–H groups in total. The van der Waals surface area contributed by atoms with Gasteiger partial charge in [-0.3, -0.25) is 9.59 Å². The van der Waals surface area contributed by atoms with Gasteiger partial charge in [-0.05, 0) is 55.3 Å². The fourth-order valence-electron chi connectivity index (χ4n) is 3.77. The molecule has 2 saturated heterocycles. The molecule has 5 nitrogen and oxygen atoms in total. The van der Waals surface area contributed by atoms with Gasteiger partial charge in [-0.25, -0.2) is 0 Å². The van der Waals surface area contributed by atoms with Gasteiger partial charge in [0.05, 0.1) is 16.0 Å². The minimum Gasteiger partial charge on any atom is -0.372 e. The maximum absolute atomic E-state index is 12.6. The van der Waals surface area contributed by atoms with E-state index in [1.165, 1.54) is 18.5 Å². The SMILES string of the molecule is O=C(Nc1ccc(Cl)c(Cl)c1)C1CC(=O)N(c2ccc(N3CCCC3)cc2)C1. The number of amides is 2. The van der Waals surface area contributed by atoms with Crippen molar-refractivity contribution >= 4 is 52.1 Å². The Bertz CT molecular complexity index is 895. The van der Waals surface area contributed by atoms with Gasteiger partial charge in [0.15, 0.2) is 0 Å². The Morgan fingerprint density at radius 1 is 0.964 bits per heavy atom. The van der Waals surface area contributed by atoms with Gasteiger partial charge in [0.25, 0.3) is 0 Å². The third kappa shape index (κ3) is 3.96. The van der Waals surface area contributed by atoms with E-state index in [2.05, 4.69) is 22.3 Å². The highest BCUT2D eigenvalue weighted by molar-refractivity contribution is 6.42. The van der Waals surface area contributed by atoms with E-state index in [4.69, 9.17) is 23.2 Å². The Balaban J connectivity index is 1.41. The first kappa shape index (κ1) is 19.1. The number of nitrogens with zero attached hydrogens (tertiary/aromatic N) is 2. The van der Waals surface area contributed by atoms with Crippen molar-refractivity contribution in [2.24, 2.45) is 5.92 Å². The molecule has 2 aliphatic heterocycles. The fraction of sp³-hybridized carbons (Fsp3) is 0.333. The maximum Gasteiger partial charge on any atom is 0.229 e. The minimum atomic E-state index is -0.403. The zero-order valence-electron chi connectivity index (χ0n) is 15.3. The van der Waals surface area contributed by atoms with Crippen molar-refractivity contribution in [2.75, 3.05) is 34.8 Å². The second kappa shape index (κ2) is 8.02. The number of hydrogen-bond acceptors (Lipinski definition) is 3. The summed E-state index contributed by atoms with van der Waals surface area (Å²) in [6.07, 6.45) is 2.64. The van der Waals surface area contributed by atoms with Crippen LogP contribution in [0.1, 0.15) is 19.3 Å². The summed E-state index contributed by atoms with van der Waals surface area (Å²) in [5, 5.41) is 3.63. The van der Waals surface area contributed by atoms with Crippen LogP contribution in [0.4, 0.5) is 17.1 Å². The lowest BCUT2D eigenvalue weighted by Crippen LogP contribution is -2.28. The summed E-state index contributed by atoms with van der Waals surface area (Å²) in [6, 6.07) is 13.0. The zero-order chi connectivity index (χ0) is 19.7. The third-order valence-corrected chi connectivity index (χ3v) is 6.05. The molecule has 4 rings (SSSR count). The van der Waals surface area contributed by atoms with Gasteiger partial charge in [0.2, 0.25) is 11.8 Å².